The average molecular weight is 214 g/mol. The molecule has 1 aromatic rings. The largest absolute Gasteiger partial charge is 0.350 e. The van der Waals surface area contributed by atoms with Crippen molar-refractivity contribution in [1.82, 2.24) is 20.2 Å². The maximum absolute atomic E-state index is 11.3. The van der Waals surface area contributed by atoms with Crippen molar-refractivity contribution in [2.75, 3.05) is 13.1 Å². The monoisotopic (exact) mass is 214 g/mol. The summed E-state index contributed by atoms with van der Waals surface area (Å²) in [6.07, 6.45) is 1.47. The highest BCUT2D eigenvalue weighted by molar-refractivity contribution is 7.07. The van der Waals surface area contributed by atoms with E-state index in [1.165, 1.54) is 6.20 Å². The van der Waals surface area contributed by atoms with Gasteiger partial charge >= 0.3 is 0 Å². The first-order valence-electron chi connectivity index (χ1n) is 4.49. The van der Waals surface area contributed by atoms with Crippen molar-refractivity contribution in [2.45, 2.75) is 19.9 Å². The predicted octanol–water partition coefficient (Wildman–Crippen LogP) is 0.266. The molecule has 1 amide bonds. The van der Waals surface area contributed by atoms with E-state index >= 15 is 0 Å². The van der Waals surface area contributed by atoms with Gasteiger partial charge in [0.25, 0.3) is 5.91 Å². The summed E-state index contributed by atoms with van der Waals surface area (Å²) in [7, 11) is 0. The van der Waals surface area contributed by atoms with Gasteiger partial charge in [-0.1, -0.05) is 18.3 Å². The summed E-state index contributed by atoms with van der Waals surface area (Å²) in [5.74, 6) is -0.106. The summed E-state index contributed by atoms with van der Waals surface area (Å²) >= 11 is 1.10. The highest BCUT2D eigenvalue weighted by Gasteiger charge is 2.06. The van der Waals surface area contributed by atoms with Crippen molar-refractivity contribution in [3.63, 3.8) is 0 Å². The standard InChI is InChI=1S/C8H14N4OS/c1-6(2)9-3-4-10-8(13)7-5-11-12-14-7/h5-6,9H,3-4H2,1-2H3,(H,10,13). The van der Waals surface area contributed by atoms with Gasteiger partial charge in [0, 0.05) is 19.1 Å². The van der Waals surface area contributed by atoms with Crippen molar-refractivity contribution in [3.8, 4) is 0 Å². The molecule has 0 saturated heterocycles. The van der Waals surface area contributed by atoms with Gasteiger partial charge in [0.05, 0.1) is 6.20 Å². The van der Waals surface area contributed by atoms with Crippen molar-refractivity contribution in [1.29, 1.82) is 0 Å². The topological polar surface area (TPSA) is 66.9 Å². The molecule has 0 unspecified atom stereocenters. The predicted molar refractivity (Wildman–Crippen MR) is 55.4 cm³/mol. The molecule has 78 valence electrons. The second-order valence-electron chi connectivity index (χ2n) is 3.15. The normalized spacial score (nSPS) is 10.5. The summed E-state index contributed by atoms with van der Waals surface area (Å²) in [5, 5.41) is 9.56. The number of amides is 1. The van der Waals surface area contributed by atoms with Crippen LogP contribution in [0.2, 0.25) is 0 Å². The Morgan fingerprint density at radius 2 is 2.36 bits per heavy atom. The van der Waals surface area contributed by atoms with Crippen molar-refractivity contribution in [3.05, 3.63) is 11.1 Å². The number of nitrogens with one attached hydrogen (secondary N) is 2. The lowest BCUT2D eigenvalue weighted by atomic mass is 10.4. The Hall–Kier alpha value is -1.01. The molecule has 1 rings (SSSR count). The lowest BCUT2D eigenvalue weighted by Gasteiger charge is -2.07. The van der Waals surface area contributed by atoms with Gasteiger partial charge in [-0.3, -0.25) is 4.79 Å². The molecule has 0 radical (unpaired) electrons. The van der Waals surface area contributed by atoms with E-state index in [4.69, 9.17) is 0 Å². The van der Waals surface area contributed by atoms with Gasteiger partial charge in [0.2, 0.25) is 0 Å². The quantitative estimate of drug-likeness (QED) is 0.690. The molecule has 0 fully saturated rings. The number of carbonyl (C=O) groups is 1. The second kappa shape index (κ2) is 5.66. The molecular weight excluding hydrogens is 200 g/mol. The minimum absolute atomic E-state index is 0.106. The molecule has 14 heavy (non-hydrogen) atoms. The Labute approximate surface area is 87.1 Å². The van der Waals surface area contributed by atoms with E-state index in [9.17, 15) is 4.79 Å². The van der Waals surface area contributed by atoms with Gasteiger partial charge in [-0.15, -0.1) is 5.10 Å². The number of nitrogens with zero attached hydrogens (tertiary/aromatic N) is 2. The molecular formula is C8H14N4OS. The van der Waals surface area contributed by atoms with Gasteiger partial charge in [-0.05, 0) is 11.5 Å². The molecule has 0 atom stereocenters. The zero-order valence-corrected chi connectivity index (χ0v) is 9.10. The highest BCUT2D eigenvalue weighted by atomic mass is 32.1. The third-order valence-electron chi connectivity index (χ3n) is 1.55. The van der Waals surface area contributed by atoms with Gasteiger partial charge in [-0.25, -0.2) is 0 Å². The third kappa shape index (κ3) is 3.80. The minimum atomic E-state index is -0.106. The fraction of sp³-hybridized carbons (Fsp3) is 0.625. The minimum Gasteiger partial charge on any atom is -0.350 e. The zero-order chi connectivity index (χ0) is 10.4. The van der Waals surface area contributed by atoms with Gasteiger partial charge in [-0.2, -0.15) is 0 Å². The molecule has 0 aliphatic heterocycles. The lowest BCUT2D eigenvalue weighted by Crippen LogP contribution is -2.34. The number of hydrogen-bond acceptors (Lipinski definition) is 5. The van der Waals surface area contributed by atoms with E-state index < -0.39 is 0 Å². The first-order chi connectivity index (χ1) is 6.70. The van der Waals surface area contributed by atoms with Gasteiger partial charge in [0.15, 0.2) is 0 Å². The Bertz CT molecular complexity index is 273. The summed E-state index contributed by atoms with van der Waals surface area (Å²) in [6, 6.07) is 0.442. The summed E-state index contributed by atoms with van der Waals surface area (Å²) in [6.45, 7) is 5.52. The highest BCUT2D eigenvalue weighted by Crippen LogP contribution is 2.00. The molecule has 0 saturated carbocycles. The van der Waals surface area contributed by atoms with E-state index in [-0.39, 0.29) is 5.91 Å². The van der Waals surface area contributed by atoms with Gasteiger partial charge < -0.3 is 10.6 Å². The van der Waals surface area contributed by atoms with E-state index in [2.05, 4.69) is 34.1 Å². The van der Waals surface area contributed by atoms with Crippen LogP contribution in [-0.2, 0) is 0 Å². The van der Waals surface area contributed by atoms with Crippen molar-refractivity contribution < 1.29 is 4.79 Å². The smallest absolute Gasteiger partial charge is 0.264 e. The summed E-state index contributed by atoms with van der Waals surface area (Å²) in [4.78, 5) is 11.9. The van der Waals surface area contributed by atoms with E-state index in [0.717, 1.165) is 18.1 Å². The molecule has 0 aliphatic carbocycles. The molecule has 0 bridgehead atoms. The van der Waals surface area contributed by atoms with Crippen LogP contribution in [0, 0.1) is 0 Å². The van der Waals surface area contributed by atoms with Crippen LogP contribution in [0.15, 0.2) is 6.20 Å². The van der Waals surface area contributed by atoms with E-state index in [1.807, 2.05) is 0 Å². The van der Waals surface area contributed by atoms with Crippen molar-refractivity contribution in [2.24, 2.45) is 0 Å². The maximum atomic E-state index is 11.3. The van der Waals surface area contributed by atoms with Crippen molar-refractivity contribution >= 4 is 17.4 Å². The van der Waals surface area contributed by atoms with E-state index in [1.54, 1.807) is 0 Å². The summed E-state index contributed by atoms with van der Waals surface area (Å²) in [5.41, 5.74) is 0. The Morgan fingerprint density at radius 1 is 1.57 bits per heavy atom. The summed E-state index contributed by atoms with van der Waals surface area (Å²) < 4.78 is 3.61. The SMILES string of the molecule is CC(C)NCCNC(=O)c1cnns1. The molecule has 2 N–H and O–H groups in total. The van der Waals surface area contributed by atoms with Crippen LogP contribution in [0.3, 0.4) is 0 Å². The van der Waals surface area contributed by atoms with E-state index in [0.29, 0.717) is 17.5 Å². The zero-order valence-electron chi connectivity index (χ0n) is 8.28. The van der Waals surface area contributed by atoms with Crippen LogP contribution >= 0.6 is 11.5 Å². The van der Waals surface area contributed by atoms with Gasteiger partial charge in [0.1, 0.15) is 4.88 Å². The third-order valence-corrected chi connectivity index (χ3v) is 2.21. The number of aromatic nitrogens is 2. The first-order valence-corrected chi connectivity index (χ1v) is 5.26. The van der Waals surface area contributed by atoms with Crippen LogP contribution in [0.1, 0.15) is 23.5 Å². The number of carbonyl (C=O) groups excluding carboxylic acids is 1. The molecule has 1 heterocycles. The van der Waals surface area contributed by atoms with Crippen LogP contribution < -0.4 is 10.6 Å². The molecule has 1 aromatic heterocycles. The molecule has 0 aromatic carbocycles. The molecule has 6 heteroatoms. The number of hydrogen-bond donors (Lipinski definition) is 2. The Morgan fingerprint density at radius 3 is 2.93 bits per heavy atom. The van der Waals surface area contributed by atoms with Crippen LogP contribution in [-0.4, -0.2) is 34.6 Å². The fourth-order valence-electron chi connectivity index (χ4n) is 0.891. The van der Waals surface area contributed by atoms with Crippen LogP contribution in [0.4, 0.5) is 0 Å². The lowest BCUT2D eigenvalue weighted by molar-refractivity contribution is 0.0957. The Balaban J connectivity index is 2.16. The first kappa shape index (κ1) is 11.1. The van der Waals surface area contributed by atoms with Crippen LogP contribution in [0.25, 0.3) is 0 Å². The molecule has 5 nitrogen and oxygen atoms in total. The average Bonchev–Trinajstić information content (AvgIpc) is 2.64. The molecule has 0 aliphatic rings. The molecule has 0 spiro atoms. The second-order valence-corrected chi connectivity index (χ2v) is 3.93. The fourth-order valence-corrected chi connectivity index (χ4v) is 1.32. The maximum Gasteiger partial charge on any atom is 0.264 e. The number of rotatable bonds is 5. The van der Waals surface area contributed by atoms with Crippen LogP contribution in [0.5, 0.6) is 0 Å². The Kier molecular flexibility index (Phi) is 4.48.